The molecule has 1 aromatic carbocycles. The third-order valence-electron chi connectivity index (χ3n) is 5.62. The highest BCUT2D eigenvalue weighted by molar-refractivity contribution is 5.88. The molecule has 1 aliphatic rings. The fourth-order valence-corrected chi connectivity index (χ4v) is 3.92. The maximum absolute atomic E-state index is 12.4. The topological polar surface area (TPSA) is 93.4 Å². The highest BCUT2D eigenvalue weighted by atomic mass is 16.5. The van der Waals surface area contributed by atoms with Gasteiger partial charge in [0.1, 0.15) is 22.8 Å². The van der Waals surface area contributed by atoms with Gasteiger partial charge in [-0.2, -0.15) is 4.98 Å². The molecule has 1 amide bonds. The summed E-state index contributed by atoms with van der Waals surface area (Å²) >= 11 is 0. The van der Waals surface area contributed by atoms with Crippen LogP contribution in [0, 0.1) is 0 Å². The molecular weight excluding hydrogens is 394 g/mol. The summed E-state index contributed by atoms with van der Waals surface area (Å²) in [6.45, 7) is 4.45. The van der Waals surface area contributed by atoms with Crippen molar-refractivity contribution in [3.05, 3.63) is 41.3 Å². The quantitative estimate of drug-likeness (QED) is 0.593. The molecule has 0 bridgehead atoms. The molecular formula is C23H29N5O3. The van der Waals surface area contributed by atoms with E-state index in [9.17, 15) is 4.79 Å². The van der Waals surface area contributed by atoms with E-state index in [0.29, 0.717) is 30.9 Å². The van der Waals surface area contributed by atoms with Crippen molar-refractivity contribution in [2.24, 2.45) is 0 Å². The number of nitrogens with one attached hydrogen (secondary N) is 1. The van der Waals surface area contributed by atoms with Crippen molar-refractivity contribution in [3.63, 3.8) is 0 Å². The number of hydrogen-bond donors (Lipinski definition) is 1. The molecule has 4 rings (SSSR count). The zero-order chi connectivity index (χ0) is 21.6. The fourth-order valence-electron chi connectivity index (χ4n) is 3.92. The van der Waals surface area contributed by atoms with E-state index < -0.39 is 0 Å². The summed E-state index contributed by atoms with van der Waals surface area (Å²) in [6.07, 6.45) is 5.07. The van der Waals surface area contributed by atoms with E-state index in [2.05, 4.69) is 27.3 Å². The molecule has 3 heterocycles. The lowest BCUT2D eigenvalue weighted by Gasteiger charge is -2.28. The van der Waals surface area contributed by atoms with Crippen LogP contribution in [0.15, 0.2) is 28.8 Å². The number of aryl methyl sites for hydroxylation is 2. The van der Waals surface area contributed by atoms with E-state index in [1.165, 1.54) is 6.42 Å². The molecule has 0 radical (unpaired) electrons. The number of rotatable bonds is 8. The number of carbonyl (C=O) groups is 1. The number of piperidine rings is 1. The Labute approximate surface area is 182 Å². The Hall–Kier alpha value is -3.16. The molecule has 1 N–H and O–H groups in total. The van der Waals surface area contributed by atoms with Crippen LogP contribution in [0.4, 0.5) is 5.82 Å². The second kappa shape index (κ2) is 9.76. The zero-order valence-electron chi connectivity index (χ0n) is 18.2. The number of methoxy groups -OCH3 is 1. The van der Waals surface area contributed by atoms with Crippen LogP contribution in [-0.4, -0.2) is 41.2 Å². The van der Waals surface area contributed by atoms with Crippen LogP contribution >= 0.6 is 0 Å². The number of aromatic nitrogens is 3. The second-order valence-corrected chi connectivity index (χ2v) is 7.80. The van der Waals surface area contributed by atoms with Gasteiger partial charge in [0.15, 0.2) is 0 Å². The number of ether oxygens (including phenoxy) is 1. The first-order chi connectivity index (χ1) is 15.2. The highest BCUT2D eigenvalue weighted by Gasteiger charge is 2.22. The summed E-state index contributed by atoms with van der Waals surface area (Å²) in [5.41, 5.74) is 2.39. The molecule has 0 atom stereocenters. The molecule has 3 aromatic rings. The SMILES string of the molecule is CCc1noc2nc(CCC(=O)NCc3cccc(OC)c3)nc(N3CCCCC3)c12. The fraction of sp³-hybridized carbons (Fsp3) is 0.478. The highest BCUT2D eigenvalue weighted by Crippen LogP contribution is 2.29. The Morgan fingerprint density at radius 3 is 2.84 bits per heavy atom. The van der Waals surface area contributed by atoms with Gasteiger partial charge < -0.3 is 19.5 Å². The summed E-state index contributed by atoms with van der Waals surface area (Å²) in [4.78, 5) is 24.1. The van der Waals surface area contributed by atoms with Gasteiger partial charge in [-0.3, -0.25) is 4.79 Å². The van der Waals surface area contributed by atoms with Gasteiger partial charge in [0.2, 0.25) is 5.91 Å². The van der Waals surface area contributed by atoms with E-state index in [1.54, 1.807) is 7.11 Å². The summed E-state index contributed by atoms with van der Waals surface area (Å²) in [6, 6.07) is 7.66. The lowest BCUT2D eigenvalue weighted by molar-refractivity contribution is -0.121. The van der Waals surface area contributed by atoms with Crippen LogP contribution in [-0.2, 0) is 24.2 Å². The summed E-state index contributed by atoms with van der Waals surface area (Å²) in [7, 11) is 1.63. The third-order valence-corrected chi connectivity index (χ3v) is 5.62. The van der Waals surface area contributed by atoms with Crippen molar-refractivity contribution < 1.29 is 14.1 Å². The lowest BCUT2D eigenvalue weighted by Crippen LogP contribution is -2.31. The minimum absolute atomic E-state index is 0.0437. The average molecular weight is 424 g/mol. The lowest BCUT2D eigenvalue weighted by atomic mass is 10.1. The second-order valence-electron chi connectivity index (χ2n) is 7.80. The van der Waals surface area contributed by atoms with E-state index in [4.69, 9.17) is 14.2 Å². The largest absolute Gasteiger partial charge is 0.497 e. The number of nitrogens with zero attached hydrogens (tertiary/aromatic N) is 4. The van der Waals surface area contributed by atoms with Gasteiger partial charge in [-0.25, -0.2) is 4.98 Å². The molecule has 1 aliphatic heterocycles. The molecule has 2 aromatic heterocycles. The predicted octanol–water partition coefficient (Wildman–Crippen LogP) is 3.43. The van der Waals surface area contributed by atoms with E-state index in [1.807, 2.05) is 24.3 Å². The van der Waals surface area contributed by atoms with Crippen LogP contribution < -0.4 is 15.0 Å². The van der Waals surface area contributed by atoms with Gasteiger partial charge in [-0.05, 0) is 43.4 Å². The van der Waals surface area contributed by atoms with Gasteiger partial charge in [0.05, 0.1) is 12.8 Å². The van der Waals surface area contributed by atoms with Crippen LogP contribution in [0.2, 0.25) is 0 Å². The first kappa shape index (κ1) is 21.1. The normalized spacial score (nSPS) is 14.1. The van der Waals surface area contributed by atoms with Gasteiger partial charge in [0.25, 0.3) is 5.71 Å². The minimum atomic E-state index is -0.0437. The Morgan fingerprint density at radius 2 is 2.06 bits per heavy atom. The standard InChI is InChI=1S/C23H29N5O3/c1-3-18-21-22(28-12-5-4-6-13-28)25-19(26-23(21)31-27-18)10-11-20(29)24-15-16-8-7-9-17(14-16)30-2/h7-9,14H,3-6,10-13,15H2,1-2H3,(H,24,29). The molecule has 31 heavy (non-hydrogen) atoms. The number of fused-ring (bicyclic) bond motifs is 1. The smallest absolute Gasteiger partial charge is 0.263 e. The van der Waals surface area contributed by atoms with E-state index in [-0.39, 0.29) is 5.91 Å². The Balaban J connectivity index is 1.44. The van der Waals surface area contributed by atoms with Gasteiger partial charge in [-0.15, -0.1) is 0 Å². The predicted molar refractivity (Wildman–Crippen MR) is 118 cm³/mol. The monoisotopic (exact) mass is 423 g/mol. The van der Waals surface area contributed by atoms with Crippen molar-refractivity contribution in [3.8, 4) is 5.75 Å². The van der Waals surface area contributed by atoms with Gasteiger partial charge in [-0.1, -0.05) is 24.2 Å². The first-order valence-corrected chi connectivity index (χ1v) is 11.0. The number of benzene rings is 1. The first-order valence-electron chi connectivity index (χ1n) is 11.0. The maximum Gasteiger partial charge on any atom is 0.263 e. The van der Waals surface area contributed by atoms with Crippen LogP contribution in [0.1, 0.15) is 49.7 Å². The molecule has 8 nitrogen and oxygen atoms in total. The molecule has 0 unspecified atom stereocenters. The number of anilines is 1. The molecule has 0 spiro atoms. The summed E-state index contributed by atoms with van der Waals surface area (Å²) < 4.78 is 10.7. The van der Waals surface area contributed by atoms with Crippen LogP contribution in [0.3, 0.4) is 0 Å². The van der Waals surface area contributed by atoms with Crippen molar-refractivity contribution in [2.45, 2.75) is 52.0 Å². The maximum atomic E-state index is 12.4. The third kappa shape index (κ3) is 4.95. The molecule has 0 saturated carbocycles. The van der Waals surface area contributed by atoms with Crippen LogP contribution in [0.5, 0.6) is 5.75 Å². The van der Waals surface area contributed by atoms with Crippen molar-refractivity contribution in [1.82, 2.24) is 20.4 Å². The Bertz CT molecular complexity index is 1040. The van der Waals surface area contributed by atoms with Gasteiger partial charge >= 0.3 is 0 Å². The van der Waals surface area contributed by atoms with Gasteiger partial charge in [0, 0.05) is 32.5 Å². The molecule has 164 valence electrons. The van der Waals surface area contributed by atoms with Crippen molar-refractivity contribution >= 4 is 22.8 Å². The van der Waals surface area contributed by atoms with Crippen LogP contribution in [0.25, 0.3) is 11.1 Å². The van der Waals surface area contributed by atoms with E-state index in [0.717, 1.165) is 60.6 Å². The Morgan fingerprint density at radius 1 is 1.23 bits per heavy atom. The molecule has 1 saturated heterocycles. The minimum Gasteiger partial charge on any atom is -0.497 e. The van der Waals surface area contributed by atoms with E-state index >= 15 is 0 Å². The van der Waals surface area contributed by atoms with Crippen molar-refractivity contribution in [1.29, 1.82) is 0 Å². The zero-order valence-corrected chi connectivity index (χ0v) is 18.2. The average Bonchev–Trinajstić information content (AvgIpc) is 3.24. The molecule has 0 aliphatic carbocycles. The molecule has 8 heteroatoms. The summed E-state index contributed by atoms with van der Waals surface area (Å²) in [5.74, 6) is 2.24. The number of hydrogen-bond acceptors (Lipinski definition) is 7. The molecule has 1 fully saturated rings. The van der Waals surface area contributed by atoms with Crippen molar-refractivity contribution in [2.75, 3.05) is 25.1 Å². The Kier molecular flexibility index (Phi) is 6.64. The summed E-state index contributed by atoms with van der Waals surface area (Å²) in [5, 5.41) is 8.05. The number of carbonyl (C=O) groups excluding carboxylic acids is 1. The number of amides is 1.